The molecule has 1 aromatic carbocycles. The lowest BCUT2D eigenvalue weighted by atomic mass is 9.97. The molecule has 6 atom stereocenters. The van der Waals surface area contributed by atoms with Crippen molar-refractivity contribution in [3.63, 3.8) is 0 Å². The molecule has 0 bridgehead atoms. The summed E-state index contributed by atoms with van der Waals surface area (Å²) in [6.07, 6.45) is -1.51. The number of aliphatic hydroxyl groups is 1. The first-order chi connectivity index (χ1) is 16.8. The molecule has 200 valence electrons. The third-order valence-corrected chi connectivity index (χ3v) is 5.60. The van der Waals surface area contributed by atoms with Crippen LogP contribution in [0, 0.1) is 5.92 Å². The quantitative estimate of drug-likeness (QED) is 0.140. The molecule has 6 unspecified atom stereocenters. The lowest BCUT2D eigenvalue weighted by molar-refractivity contribution is -0.144. The summed E-state index contributed by atoms with van der Waals surface area (Å²) in [6, 6.07) is 0.656. The summed E-state index contributed by atoms with van der Waals surface area (Å²) in [5.74, 6) is -5.34. The first-order valence-electron chi connectivity index (χ1n) is 11.4. The number of nitrogens with two attached hydrogens (primary N) is 2. The molecular weight excluding hydrogens is 474 g/mol. The fraction of sp³-hybridized carbons (Fsp3) is 0.522. The van der Waals surface area contributed by atoms with E-state index in [-0.39, 0.29) is 12.2 Å². The Bertz CT molecular complexity index is 937. The van der Waals surface area contributed by atoms with Crippen molar-refractivity contribution in [2.75, 3.05) is 0 Å². The molecule has 1 aromatic rings. The number of carbonyl (C=O) groups is 5. The van der Waals surface area contributed by atoms with E-state index in [4.69, 9.17) is 11.5 Å². The highest BCUT2D eigenvalue weighted by Crippen LogP contribution is 2.12. The molecule has 0 aliphatic heterocycles. The maximum atomic E-state index is 12.9. The van der Waals surface area contributed by atoms with Gasteiger partial charge in [0.2, 0.25) is 23.6 Å². The molecule has 0 aliphatic rings. The van der Waals surface area contributed by atoms with Crippen LogP contribution in [0.15, 0.2) is 24.3 Å². The van der Waals surface area contributed by atoms with Gasteiger partial charge in [-0.15, -0.1) is 0 Å². The van der Waals surface area contributed by atoms with Gasteiger partial charge in [-0.2, -0.15) is 0 Å². The summed E-state index contributed by atoms with van der Waals surface area (Å²) < 4.78 is 0. The molecular formula is C23H35N5O8. The van der Waals surface area contributed by atoms with Gasteiger partial charge in [0.15, 0.2) is 0 Å². The zero-order valence-electron chi connectivity index (χ0n) is 20.4. The Morgan fingerprint density at radius 2 is 1.44 bits per heavy atom. The number of phenols is 1. The number of rotatable bonds is 14. The van der Waals surface area contributed by atoms with Crippen LogP contribution in [-0.4, -0.2) is 75.2 Å². The number of aliphatic hydroxyl groups excluding tert-OH is 1. The van der Waals surface area contributed by atoms with Crippen molar-refractivity contribution in [3.05, 3.63) is 29.8 Å². The average molecular weight is 510 g/mol. The van der Waals surface area contributed by atoms with Gasteiger partial charge in [-0.05, 0) is 37.0 Å². The van der Waals surface area contributed by atoms with Gasteiger partial charge in [0.05, 0.1) is 18.6 Å². The molecule has 10 N–H and O–H groups in total. The van der Waals surface area contributed by atoms with Gasteiger partial charge < -0.3 is 42.7 Å². The van der Waals surface area contributed by atoms with Crippen LogP contribution in [0.2, 0.25) is 0 Å². The molecule has 0 saturated heterocycles. The second kappa shape index (κ2) is 14.0. The van der Waals surface area contributed by atoms with E-state index < -0.39 is 72.2 Å². The van der Waals surface area contributed by atoms with Gasteiger partial charge in [0.25, 0.3) is 0 Å². The van der Waals surface area contributed by atoms with E-state index in [0.29, 0.717) is 12.0 Å². The number of phenolic OH excluding ortho intramolecular Hbond substituents is 1. The van der Waals surface area contributed by atoms with Crippen molar-refractivity contribution < 1.29 is 39.3 Å². The van der Waals surface area contributed by atoms with Crippen molar-refractivity contribution in [3.8, 4) is 5.75 Å². The van der Waals surface area contributed by atoms with Gasteiger partial charge in [-0.25, -0.2) is 4.79 Å². The Balaban J connectivity index is 2.95. The Morgan fingerprint density at radius 3 is 1.92 bits per heavy atom. The Kier molecular flexibility index (Phi) is 11.8. The predicted molar refractivity (Wildman–Crippen MR) is 128 cm³/mol. The number of aliphatic carboxylic acids is 1. The van der Waals surface area contributed by atoms with E-state index in [0.717, 1.165) is 0 Å². The molecule has 0 spiro atoms. The fourth-order valence-electron chi connectivity index (χ4n) is 3.25. The summed E-state index contributed by atoms with van der Waals surface area (Å²) >= 11 is 0. The maximum Gasteiger partial charge on any atom is 0.326 e. The van der Waals surface area contributed by atoms with Gasteiger partial charge in [-0.1, -0.05) is 32.4 Å². The molecule has 0 aliphatic carbocycles. The van der Waals surface area contributed by atoms with Crippen LogP contribution >= 0.6 is 0 Å². The third kappa shape index (κ3) is 9.50. The molecule has 0 saturated carbocycles. The summed E-state index contributed by atoms with van der Waals surface area (Å²) in [6.45, 7) is 4.64. The van der Waals surface area contributed by atoms with Crippen molar-refractivity contribution >= 4 is 29.6 Å². The van der Waals surface area contributed by atoms with Crippen LogP contribution < -0.4 is 27.4 Å². The van der Waals surface area contributed by atoms with E-state index in [1.54, 1.807) is 26.0 Å². The topological polar surface area (TPSA) is 234 Å². The summed E-state index contributed by atoms with van der Waals surface area (Å²) in [5.41, 5.74) is 11.6. The first-order valence-corrected chi connectivity index (χ1v) is 11.4. The molecule has 0 heterocycles. The number of hydrogen-bond donors (Lipinski definition) is 8. The van der Waals surface area contributed by atoms with Crippen LogP contribution in [0.3, 0.4) is 0 Å². The van der Waals surface area contributed by atoms with Crippen molar-refractivity contribution in [1.29, 1.82) is 0 Å². The highest BCUT2D eigenvalue weighted by atomic mass is 16.4. The van der Waals surface area contributed by atoms with Crippen LogP contribution in [0.25, 0.3) is 0 Å². The average Bonchev–Trinajstić information content (AvgIpc) is 2.80. The number of hydrogen-bond acceptors (Lipinski definition) is 8. The van der Waals surface area contributed by atoms with Crippen molar-refractivity contribution in [1.82, 2.24) is 16.0 Å². The van der Waals surface area contributed by atoms with Crippen LogP contribution in [0.5, 0.6) is 5.75 Å². The molecule has 0 radical (unpaired) electrons. The number of primary amides is 1. The molecule has 0 aromatic heterocycles. The minimum atomic E-state index is -1.59. The molecule has 1 rings (SSSR count). The monoisotopic (exact) mass is 509 g/mol. The number of amides is 4. The number of aromatic hydroxyl groups is 1. The number of benzene rings is 1. The fourth-order valence-corrected chi connectivity index (χ4v) is 3.25. The minimum absolute atomic E-state index is 0.0480. The van der Waals surface area contributed by atoms with Crippen LogP contribution in [-0.2, 0) is 30.4 Å². The van der Waals surface area contributed by atoms with E-state index in [2.05, 4.69) is 16.0 Å². The normalized spacial score (nSPS) is 15.9. The van der Waals surface area contributed by atoms with E-state index in [1.807, 2.05) is 0 Å². The van der Waals surface area contributed by atoms with E-state index >= 15 is 0 Å². The number of nitrogens with one attached hydrogen (secondary N) is 3. The molecule has 13 heteroatoms. The van der Waals surface area contributed by atoms with E-state index in [9.17, 15) is 39.3 Å². The van der Waals surface area contributed by atoms with Crippen molar-refractivity contribution in [2.45, 2.75) is 70.3 Å². The second-order valence-electron chi connectivity index (χ2n) is 8.65. The standard InChI is InChI=1S/C23H35N5O8/c1-4-11(2)18(21(33)26-16(23(35)36)10-17(25)31)27-22(34)19(12(3)29)28-20(32)15(24)9-13-5-7-14(30)8-6-13/h5-8,11-12,15-16,18-19,29-30H,4,9-10,24H2,1-3H3,(H2,25,31)(H,26,33)(H,27,34)(H,28,32)(H,35,36). The van der Waals surface area contributed by atoms with Gasteiger partial charge >= 0.3 is 5.97 Å². The Morgan fingerprint density at radius 1 is 0.917 bits per heavy atom. The number of carboxylic acid groups (broad SMARTS) is 1. The predicted octanol–water partition coefficient (Wildman–Crippen LogP) is -1.90. The smallest absolute Gasteiger partial charge is 0.326 e. The summed E-state index contributed by atoms with van der Waals surface area (Å²) in [7, 11) is 0. The maximum absolute atomic E-state index is 12.9. The van der Waals surface area contributed by atoms with Crippen LogP contribution in [0.1, 0.15) is 39.2 Å². The lowest BCUT2D eigenvalue weighted by Crippen LogP contribution is -2.61. The van der Waals surface area contributed by atoms with E-state index in [1.165, 1.54) is 19.1 Å². The molecule has 0 fully saturated rings. The van der Waals surface area contributed by atoms with Gasteiger partial charge in [0.1, 0.15) is 23.9 Å². The molecule has 4 amide bonds. The van der Waals surface area contributed by atoms with Gasteiger partial charge in [-0.3, -0.25) is 19.2 Å². The highest BCUT2D eigenvalue weighted by Gasteiger charge is 2.34. The Hall–Kier alpha value is -3.71. The summed E-state index contributed by atoms with van der Waals surface area (Å²) in [5, 5.41) is 35.7. The second-order valence-corrected chi connectivity index (χ2v) is 8.65. The SMILES string of the molecule is CCC(C)C(NC(=O)C(NC(=O)C(N)Cc1ccc(O)cc1)C(C)O)C(=O)NC(CC(N)=O)C(=O)O. The number of carbonyl (C=O) groups excluding carboxylic acids is 4. The highest BCUT2D eigenvalue weighted by molar-refractivity contribution is 5.95. The van der Waals surface area contributed by atoms with Gasteiger partial charge in [0, 0.05) is 0 Å². The van der Waals surface area contributed by atoms with Crippen LogP contribution in [0.4, 0.5) is 0 Å². The number of carboxylic acids is 1. The first kappa shape index (κ1) is 30.3. The summed E-state index contributed by atoms with van der Waals surface area (Å²) in [4.78, 5) is 60.8. The Labute approximate surface area is 208 Å². The largest absolute Gasteiger partial charge is 0.508 e. The lowest BCUT2D eigenvalue weighted by Gasteiger charge is -2.29. The van der Waals surface area contributed by atoms with Crippen molar-refractivity contribution in [2.24, 2.45) is 17.4 Å². The zero-order chi connectivity index (χ0) is 27.6. The zero-order valence-corrected chi connectivity index (χ0v) is 20.4. The third-order valence-electron chi connectivity index (χ3n) is 5.60. The minimum Gasteiger partial charge on any atom is -0.508 e. The molecule has 13 nitrogen and oxygen atoms in total. The molecule has 36 heavy (non-hydrogen) atoms.